The number of ether oxygens (including phenoxy) is 1. The Morgan fingerprint density at radius 3 is 2.50 bits per heavy atom. The molecule has 3 aromatic carbocycles. The van der Waals surface area contributed by atoms with Gasteiger partial charge in [0.2, 0.25) is 0 Å². The molecule has 3 aromatic rings. The van der Waals surface area contributed by atoms with E-state index in [4.69, 9.17) is 15.7 Å². The average molecular weight is 354 g/mol. The fourth-order valence-electron chi connectivity index (χ4n) is 3.37. The number of halogens is 3. The Kier molecular flexibility index (Phi) is 3.82. The van der Waals surface area contributed by atoms with Crippen LogP contribution < -0.4 is 10.5 Å². The standard InChI is InChI=1S/C20H13F3N2O/c21-15-8-17(23)16(22)6-14(15)20-18(25)7-13-12-5-10(9-24)1-2-11(12)3-4-19(13)26-20/h1-6,8,18,20H,7,25H2/t18-,20+/m1/s1. The predicted molar refractivity (Wildman–Crippen MR) is 90.0 cm³/mol. The number of hydrogen-bond donors (Lipinski definition) is 1. The molecule has 130 valence electrons. The maximum Gasteiger partial charge on any atom is 0.161 e. The largest absolute Gasteiger partial charge is 0.484 e. The summed E-state index contributed by atoms with van der Waals surface area (Å²) in [5.74, 6) is -2.82. The van der Waals surface area contributed by atoms with Crippen LogP contribution >= 0.6 is 0 Å². The molecule has 0 saturated heterocycles. The first kappa shape index (κ1) is 16.4. The topological polar surface area (TPSA) is 59.0 Å². The monoisotopic (exact) mass is 354 g/mol. The summed E-state index contributed by atoms with van der Waals surface area (Å²) in [5, 5.41) is 10.9. The molecule has 0 radical (unpaired) electrons. The molecule has 4 rings (SSSR count). The third-order valence-corrected chi connectivity index (χ3v) is 4.65. The quantitative estimate of drug-likeness (QED) is 0.669. The van der Waals surface area contributed by atoms with Crippen LogP contribution in [0.2, 0.25) is 0 Å². The Hall–Kier alpha value is -3.04. The van der Waals surface area contributed by atoms with Crippen LogP contribution in [0.5, 0.6) is 5.75 Å². The van der Waals surface area contributed by atoms with Gasteiger partial charge >= 0.3 is 0 Å². The second-order valence-corrected chi connectivity index (χ2v) is 6.28. The van der Waals surface area contributed by atoms with E-state index in [-0.39, 0.29) is 5.56 Å². The van der Waals surface area contributed by atoms with Gasteiger partial charge in [-0.15, -0.1) is 0 Å². The zero-order valence-corrected chi connectivity index (χ0v) is 13.5. The fourth-order valence-corrected chi connectivity index (χ4v) is 3.37. The average Bonchev–Trinajstić information content (AvgIpc) is 2.64. The van der Waals surface area contributed by atoms with Gasteiger partial charge in [-0.1, -0.05) is 12.1 Å². The first-order valence-electron chi connectivity index (χ1n) is 8.00. The molecule has 6 heteroatoms. The molecular formula is C20H13F3N2O. The molecule has 0 spiro atoms. The zero-order chi connectivity index (χ0) is 18.4. The summed E-state index contributed by atoms with van der Waals surface area (Å²) in [6.45, 7) is 0. The first-order chi connectivity index (χ1) is 12.5. The van der Waals surface area contributed by atoms with E-state index < -0.39 is 29.6 Å². The lowest BCUT2D eigenvalue weighted by molar-refractivity contribution is 0.149. The maximum atomic E-state index is 14.1. The van der Waals surface area contributed by atoms with Crippen LogP contribution in [0.1, 0.15) is 22.8 Å². The van der Waals surface area contributed by atoms with Gasteiger partial charge in [0.15, 0.2) is 11.6 Å². The van der Waals surface area contributed by atoms with Crippen molar-refractivity contribution in [3.05, 3.63) is 76.6 Å². The number of nitrogens with zero attached hydrogens (tertiary/aromatic N) is 1. The molecule has 0 aliphatic carbocycles. The van der Waals surface area contributed by atoms with Crippen molar-refractivity contribution >= 4 is 10.8 Å². The van der Waals surface area contributed by atoms with E-state index in [1.165, 1.54) is 0 Å². The van der Waals surface area contributed by atoms with Gasteiger partial charge in [0.05, 0.1) is 17.7 Å². The van der Waals surface area contributed by atoms with Crippen LogP contribution in [0.4, 0.5) is 13.2 Å². The third kappa shape index (κ3) is 2.57. The molecule has 2 N–H and O–H groups in total. The zero-order valence-electron chi connectivity index (χ0n) is 13.5. The highest BCUT2D eigenvalue weighted by atomic mass is 19.2. The maximum absolute atomic E-state index is 14.1. The molecule has 0 unspecified atom stereocenters. The van der Waals surface area contributed by atoms with Crippen LogP contribution in [-0.4, -0.2) is 6.04 Å². The van der Waals surface area contributed by atoms with E-state index in [0.29, 0.717) is 23.8 Å². The van der Waals surface area contributed by atoms with Crippen molar-refractivity contribution in [2.24, 2.45) is 5.73 Å². The minimum atomic E-state index is -1.26. The number of rotatable bonds is 1. The van der Waals surface area contributed by atoms with Crippen molar-refractivity contribution in [1.82, 2.24) is 0 Å². The molecule has 0 fully saturated rings. The Morgan fingerprint density at radius 2 is 1.73 bits per heavy atom. The molecule has 0 bridgehead atoms. The highest BCUT2D eigenvalue weighted by molar-refractivity contribution is 5.89. The first-order valence-corrected chi connectivity index (χ1v) is 8.00. The smallest absolute Gasteiger partial charge is 0.161 e. The van der Waals surface area contributed by atoms with E-state index in [2.05, 4.69) is 6.07 Å². The van der Waals surface area contributed by atoms with Crippen molar-refractivity contribution in [1.29, 1.82) is 5.26 Å². The van der Waals surface area contributed by atoms with E-state index in [9.17, 15) is 13.2 Å². The number of nitrogens with two attached hydrogens (primary N) is 1. The lowest BCUT2D eigenvalue weighted by Crippen LogP contribution is -2.38. The van der Waals surface area contributed by atoms with Crippen LogP contribution in [0.25, 0.3) is 10.8 Å². The Labute approximate surface area is 147 Å². The van der Waals surface area contributed by atoms with Gasteiger partial charge in [-0.3, -0.25) is 0 Å². The fraction of sp³-hybridized carbons (Fsp3) is 0.150. The van der Waals surface area contributed by atoms with Crippen LogP contribution in [0, 0.1) is 28.8 Å². The van der Waals surface area contributed by atoms with Crippen molar-refractivity contribution < 1.29 is 17.9 Å². The summed E-state index contributed by atoms with van der Waals surface area (Å²) in [4.78, 5) is 0. The summed E-state index contributed by atoms with van der Waals surface area (Å²) < 4.78 is 46.7. The van der Waals surface area contributed by atoms with Gasteiger partial charge in [-0.2, -0.15) is 5.26 Å². The Morgan fingerprint density at radius 1 is 1.00 bits per heavy atom. The summed E-state index contributed by atoms with van der Waals surface area (Å²) >= 11 is 0. The van der Waals surface area contributed by atoms with Crippen molar-refractivity contribution in [3.8, 4) is 11.8 Å². The van der Waals surface area contributed by atoms with Gasteiger partial charge < -0.3 is 10.5 Å². The SMILES string of the molecule is N#Cc1ccc2ccc3c(c2c1)C[C@@H](N)[C@H](c1cc(F)c(F)cc1F)O3. The molecule has 1 aliphatic heterocycles. The molecular weight excluding hydrogens is 341 g/mol. The van der Waals surface area contributed by atoms with Gasteiger partial charge in [0.25, 0.3) is 0 Å². The summed E-state index contributed by atoms with van der Waals surface area (Å²) in [7, 11) is 0. The minimum Gasteiger partial charge on any atom is -0.484 e. The molecule has 0 aromatic heterocycles. The minimum absolute atomic E-state index is 0.118. The summed E-state index contributed by atoms with van der Waals surface area (Å²) in [5.41, 5.74) is 7.37. The molecule has 3 nitrogen and oxygen atoms in total. The number of fused-ring (bicyclic) bond motifs is 3. The lowest BCUT2D eigenvalue weighted by atomic mass is 9.89. The van der Waals surface area contributed by atoms with Gasteiger partial charge in [0.1, 0.15) is 17.7 Å². The Balaban J connectivity index is 1.81. The van der Waals surface area contributed by atoms with Crippen LogP contribution in [-0.2, 0) is 6.42 Å². The summed E-state index contributed by atoms with van der Waals surface area (Å²) in [6.07, 6.45) is -0.584. The number of hydrogen-bond acceptors (Lipinski definition) is 3. The Bertz CT molecular complexity index is 1070. The van der Waals surface area contributed by atoms with Gasteiger partial charge in [0, 0.05) is 17.2 Å². The number of nitriles is 1. The predicted octanol–water partition coefficient (Wildman–Crippen LogP) is 4.13. The summed E-state index contributed by atoms with van der Waals surface area (Å²) in [6, 6.07) is 11.6. The molecule has 1 aliphatic rings. The highest BCUT2D eigenvalue weighted by Crippen LogP contribution is 2.39. The van der Waals surface area contributed by atoms with Crippen LogP contribution in [0.15, 0.2) is 42.5 Å². The molecule has 0 saturated carbocycles. The van der Waals surface area contributed by atoms with Gasteiger partial charge in [-0.25, -0.2) is 13.2 Å². The van der Waals surface area contributed by atoms with E-state index in [1.807, 2.05) is 12.1 Å². The van der Waals surface area contributed by atoms with E-state index >= 15 is 0 Å². The third-order valence-electron chi connectivity index (χ3n) is 4.65. The second kappa shape index (κ2) is 6.04. The van der Waals surface area contributed by atoms with Gasteiger partial charge in [-0.05, 0) is 41.5 Å². The molecule has 0 amide bonds. The molecule has 26 heavy (non-hydrogen) atoms. The normalized spacial score (nSPS) is 18.9. The lowest BCUT2D eigenvalue weighted by Gasteiger charge is -2.32. The van der Waals surface area contributed by atoms with E-state index in [0.717, 1.165) is 22.4 Å². The van der Waals surface area contributed by atoms with Crippen molar-refractivity contribution in [3.63, 3.8) is 0 Å². The second-order valence-electron chi connectivity index (χ2n) is 6.28. The van der Waals surface area contributed by atoms with Crippen molar-refractivity contribution in [2.75, 3.05) is 0 Å². The number of benzene rings is 3. The molecule has 1 heterocycles. The van der Waals surface area contributed by atoms with E-state index in [1.54, 1.807) is 18.2 Å². The van der Waals surface area contributed by atoms with Crippen molar-refractivity contribution in [2.45, 2.75) is 18.6 Å². The highest BCUT2D eigenvalue weighted by Gasteiger charge is 2.32. The molecule has 2 atom stereocenters. The van der Waals surface area contributed by atoms with Crippen LogP contribution in [0.3, 0.4) is 0 Å².